The SMILES string of the molecule is C=CC(=O)NCCS(=O)(=O)NS(=O)(=O)F. The number of sulfonamides is 1. The summed E-state index contributed by atoms with van der Waals surface area (Å²) in [4.78, 5) is 10.5. The highest BCUT2D eigenvalue weighted by Crippen LogP contribution is 1.90. The lowest BCUT2D eigenvalue weighted by molar-refractivity contribution is -0.116. The first kappa shape index (κ1) is 14.0. The zero-order valence-electron chi connectivity index (χ0n) is 7.43. The minimum Gasteiger partial charge on any atom is -0.351 e. The number of halogens is 1. The van der Waals surface area contributed by atoms with Gasteiger partial charge in [-0.1, -0.05) is 14.6 Å². The number of hydrogen-bond acceptors (Lipinski definition) is 5. The summed E-state index contributed by atoms with van der Waals surface area (Å²) in [5, 5.41) is 2.08. The van der Waals surface area contributed by atoms with E-state index >= 15 is 0 Å². The molecule has 0 aromatic heterocycles. The van der Waals surface area contributed by atoms with Gasteiger partial charge in [-0.3, -0.25) is 4.79 Å². The van der Waals surface area contributed by atoms with E-state index in [9.17, 15) is 25.5 Å². The number of carbonyl (C=O) groups is 1. The highest BCUT2D eigenvalue weighted by Gasteiger charge is 2.19. The molecule has 1 amide bonds. The summed E-state index contributed by atoms with van der Waals surface area (Å²) in [6, 6.07) is 0. The van der Waals surface area contributed by atoms with Crippen LogP contribution < -0.4 is 9.44 Å². The summed E-state index contributed by atoms with van der Waals surface area (Å²) < 4.78 is 54.2. The molecular formula is C5H9FN2O5S2. The minimum absolute atomic E-state index is 0.351. The summed E-state index contributed by atoms with van der Waals surface area (Å²) >= 11 is 0. The van der Waals surface area contributed by atoms with Crippen molar-refractivity contribution >= 4 is 26.3 Å². The van der Waals surface area contributed by atoms with E-state index in [1.807, 2.05) is 0 Å². The third-order valence-corrected chi connectivity index (χ3v) is 3.64. The molecule has 2 N–H and O–H groups in total. The lowest BCUT2D eigenvalue weighted by Crippen LogP contribution is -2.35. The standard InChI is InChI=1S/C5H9FN2O5S2/c1-2-5(9)7-3-4-14(10,11)8-15(6,12)13/h2,8H,1,3-4H2,(H,7,9). The molecule has 0 heterocycles. The molecule has 0 radical (unpaired) electrons. The third kappa shape index (κ3) is 8.03. The van der Waals surface area contributed by atoms with Crippen LogP contribution in [0, 0.1) is 0 Å². The van der Waals surface area contributed by atoms with Gasteiger partial charge in [0.05, 0.1) is 5.75 Å². The molecule has 0 spiro atoms. The van der Waals surface area contributed by atoms with E-state index in [4.69, 9.17) is 0 Å². The second-order valence-electron chi connectivity index (χ2n) is 2.34. The zero-order valence-corrected chi connectivity index (χ0v) is 9.07. The summed E-state index contributed by atoms with van der Waals surface area (Å²) in [6.07, 6.45) is 0.909. The highest BCUT2D eigenvalue weighted by atomic mass is 32.3. The van der Waals surface area contributed by atoms with Crippen molar-refractivity contribution in [1.82, 2.24) is 9.44 Å². The Kier molecular flexibility index (Phi) is 4.84. The molecule has 0 saturated carbocycles. The lowest BCUT2D eigenvalue weighted by atomic mass is 10.6. The van der Waals surface area contributed by atoms with Crippen LogP contribution in [0.4, 0.5) is 3.89 Å². The molecule has 88 valence electrons. The van der Waals surface area contributed by atoms with Crippen LogP contribution in [0.15, 0.2) is 12.7 Å². The molecule has 0 saturated heterocycles. The van der Waals surface area contributed by atoms with E-state index < -0.39 is 32.1 Å². The van der Waals surface area contributed by atoms with Gasteiger partial charge in [-0.2, -0.15) is 8.42 Å². The lowest BCUT2D eigenvalue weighted by Gasteiger charge is -2.03. The molecule has 0 aromatic carbocycles. The van der Waals surface area contributed by atoms with Crippen molar-refractivity contribution in [2.45, 2.75) is 0 Å². The Balaban J connectivity index is 4.18. The maximum Gasteiger partial charge on any atom is 0.385 e. The summed E-state index contributed by atoms with van der Waals surface area (Å²) in [7, 11) is -9.61. The number of carbonyl (C=O) groups excluding carboxylic acids is 1. The maximum atomic E-state index is 11.9. The van der Waals surface area contributed by atoms with Crippen molar-refractivity contribution in [3.05, 3.63) is 12.7 Å². The van der Waals surface area contributed by atoms with Gasteiger partial charge in [0.15, 0.2) is 0 Å². The molecule has 10 heteroatoms. The average molecular weight is 260 g/mol. The van der Waals surface area contributed by atoms with Gasteiger partial charge < -0.3 is 5.32 Å². The summed E-state index contributed by atoms with van der Waals surface area (Å²) in [6.45, 7) is 2.75. The molecule has 7 nitrogen and oxygen atoms in total. The second kappa shape index (κ2) is 5.19. The quantitative estimate of drug-likeness (QED) is 0.442. The predicted octanol–water partition coefficient (Wildman–Crippen LogP) is -1.58. The molecule has 0 fully saturated rings. The van der Waals surface area contributed by atoms with E-state index in [0.717, 1.165) is 10.2 Å². The van der Waals surface area contributed by atoms with Gasteiger partial charge in [-0.25, -0.2) is 8.42 Å². The van der Waals surface area contributed by atoms with Gasteiger partial charge in [-0.15, -0.1) is 0 Å². The Bertz CT molecular complexity index is 440. The third-order valence-electron chi connectivity index (χ3n) is 1.08. The first-order valence-electron chi connectivity index (χ1n) is 3.52. The average Bonchev–Trinajstić information content (AvgIpc) is 1.98. The predicted molar refractivity (Wildman–Crippen MR) is 50.2 cm³/mol. The van der Waals surface area contributed by atoms with Crippen LogP contribution in [0.2, 0.25) is 0 Å². The zero-order chi connectivity index (χ0) is 12.1. The molecule has 0 aliphatic rings. The largest absolute Gasteiger partial charge is 0.385 e. The molecule has 0 bridgehead atoms. The first-order chi connectivity index (χ1) is 6.66. The van der Waals surface area contributed by atoms with Gasteiger partial charge in [0.2, 0.25) is 15.9 Å². The molecule has 0 aliphatic heterocycles. The van der Waals surface area contributed by atoms with E-state index in [2.05, 4.69) is 11.9 Å². The molecular weight excluding hydrogens is 251 g/mol. The minimum atomic E-state index is -5.31. The van der Waals surface area contributed by atoms with E-state index in [0.29, 0.717) is 0 Å². The van der Waals surface area contributed by atoms with Gasteiger partial charge >= 0.3 is 10.4 Å². The van der Waals surface area contributed by atoms with Crippen molar-refractivity contribution in [3.63, 3.8) is 0 Å². The Morgan fingerprint density at radius 3 is 2.27 bits per heavy atom. The fraction of sp³-hybridized carbons (Fsp3) is 0.400. The van der Waals surface area contributed by atoms with E-state index in [1.54, 1.807) is 0 Å². The number of rotatable bonds is 6. The molecule has 15 heavy (non-hydrogen) atoms. The fourth-order valence-corrected chi connectivity index (χ4v) is 2.49. The van der Waals surface area contributed by atoms with Gasteiger partial charge in [0.25, 0.3) is 0 Å². The van der Waals surface area contributed by atoms with Crippen molar-refractivity contribution in [2.75, 3.05) is 12.3 Å². The molecule has 0 aromatic rings. The molecule has 0 aliphatic carbocycles. The van der Waals surface area contributed by atoms with Crippen LogP contribution in [-0.2, 0) is 25.2 Å². The van der Waals surface area contributed by atoms with Crippen LogP contribution in [0.25, 0.3) is 0 Å². The van der Waals surface area contributed by atoms with E-state index in [1.165, 1.54) is 0 Å². The number of amides is 1. The Morgan fingerprint density at radius 2 is 1.87 bits per heavy atom. The Labute approximate surface area is 86.8 Å². The number of hydrogen-bond donors (Lipinski definition) is 2. The van der Waals surface area contributed by atoms with Crippen LogP contribution in [0.5, 0.6) is 0 Å². The van der Waals surface area contributed by atoms with Crippen molar-refractivity contribution in [1.29, 1.82) is 0 Å². The van der Waals surface area contributed by atoms with Gasteiger partial charge in [0, 0.05) is 6.54 Å². The van der Waals surface area contributed by atoms with Crippen molar-refractivity contribution in [2.24, 2.45) is 0 Å². The summed E-state index contributed by atoms with van der Waals surface area (Å²) in [5.41, 5.74) is 0. The van der Waals surface area contributed by atoms with Crippen LogP contribution in [0.1, 0.15) is 0 Å². The van der Waals surface area contributed by atoms with Gasteiger partial charge in [0.1, 0.15) is 0 Å². The molecule has 0 rings (SSSR count). The molecule has 0 atom stereocenters. The topological polar surface area (TPSA) is 109 Å². The smallest absolute Gasteiger partial charge is 0.351 e. The van der Waals surface area contributed by atoms with Crippen molar-refractivity contribution in [3.8, 4) is 0 Å². The van der Waals surface area contributed by atoms with Crippen LogP contribution in [-0.4, -0.2) is 35.0 Å². The van der Waals surface area contributed by atoms with Crippen molar-refractivity contribution < 1.29 is 25.5 Å². The fourth-order valence-electron chi connectivity index (χ4n) is 0.574. The highest BCUT2D eigenvalue weighted by molar-refractivity contribution is 8.02. The number of nitrogens with one attached hydrogen (secondary N) is 2. The Hall–Kier alpha value is -1.00. The Morgan fingerprint density at radius 1 is 1.33 bits per heavy atom. The monoisotopic (exact) mass is 260 g/mol. The van der Waals surface area contributed by atoms with Crippen LogP contribution >= 0.6 is 0 Å². The second-order valence-corrected chi connectivity index (χ2v) is 5.52. The molecule has 0 unspecified atom stereocenters. The van der Waals surface area contributed by atoms with Gasteiger partial charge in [-0.05, 0) is 6.08 Å². The normalized spacial score (nSPS) is 12.1. The van der Waals surface area contributed by atoms with Crippen LogP contribution in [0.3, 0.4) is 0 Å². The first-order valence-corrected chi connectivity index (χ1v) is 6.56. The maximum absolute atomic E-state index is 11.9. The van der Waals surface area contributed by atoms with E-state index in [-0.39, 0.29) is 6.54 Å². The summed E-state index contributed by atoms with van der Waals surface area (Å²) in [5.74, 6) is -1.37.